The number of hydrogen-bond acceptors (Lipinski definition) is 3. The van der Waals surface area contributed by atoms with Crippen LogP contribution in [-0.4, -0.2) is 9.78 Å². The molecule has 114 valence electrons. The summed E-state index contributed by atoms with van der Waals surface area (Å²) in [5.74, 6) is 5.41. The van der Waals surface area contributed by atoms with Crippen LogP contribution < -0.4 is 11.3 Å². The normalized spacial score (nSPS) is 12.6. The van der Waals surface area contributed by atoms with Gasteiger partial charge < -0.3 is 0 Å². The summed E-state index contributed by atoms with van der Waals surface area (Å²) in [5, 5.41) is 4.54. The number of rotatable bonds is 6. The van der Waals surface area contributed by atoms with Gasteiger partial charge in [-0.15, -0.1) is 0 Å². The van der Waals surface area contributed by atoms with Gasteiger partial charge in [-0.3, -0.25) is 16.0 Å². The van der Waals surface area contributed by atoms with E-state index in [4.69, 9.17) is 5.84 Å². The molecular weight excluding hydrogens is 335 g/mol. The number of aromatic nitrogens is 2. The first kappa shape index (κ1) is 16.1. The highest BCUT2D eigenvalue weighted by atomic mass is 79.9. The summed E-state index contributed by atoms with van der Waals surface area (Å²) < 4.78 is 15.8. The Labute approximate surface area is 132 Å². The van der Waals surface area contributed by atoms with E-state index < -0.39 is 0 Å². The van der Waals surface area contributed by atoms with Crippen molar-refractivity contribution in [2.75, 3.05) is 0 Å². The molecule has 1 aromatic carbocycles. The molecule has 1 aromatic heterocycles. The van der Waals surface area contributed by atoms with E-state index in [-0.39, 0.29) is 11.9 Å². The smallest absolute Gasteiger partial charge is 0.137 e. The lowest BCUT2D eigenvalue weighted by Crippen LogP contribution is -2.30. The zero-order valence-corrected chi connectivity index (χ0v) is 13.8. The minimum absolute atomic E-state index is 0.0893. The van der Waals surface area contributed by atoms with Crippen molar-refractivity contribution in [1.82, 2.24) is 15.2 Å². The molecule has 21 heavy (non-hydrogen) atoms. The lowest BCUT2D eigenvalue weighted by Gasteiger charge is -2.17. The fraction of sp³-hybridized carbons (Fsp3) is 0.400. The molecule has 0 amide bonds. The molecule has 1 heterocycles. The molecule has 0 aliphatic rings. The first-order valence-corrected chi connectivity index (χ1v) is 7.85. The van der Waals surface area contributed by atoms with E-state index in [0.717, 1.165) is 29.9 Å². The van der Waals surface area contributed by atoms with Crippen LogP contribution in [0.25, 0.3) is 0 Å². The van der Waals surface area contributed by atoms with E-state index in [1.165, 1.54) is 6.07 Å². The summed E-state index contributed by atoms with van der Waals surface area (Å²) in [7, 11) is 0. The summed E-state index contributed by atoms with van der Waals surface area (Å²) in [5.41, 5.74) is 5.94. The minimum atomic E-state index is -0.276. The molecule has 0 radical (unpaired) electrons. The molecule has 0 bridgehead atoms. The van der Waals surface area contributed by atoms with Crippen LogP contribution in [0.2, 0.25) is 0 Å². The zero-order valence-electron chi connectivity index (χ0n) is 12.2. The Morgan fingerprint density at radius 3 is 2.71 bits per heavy atom. The van der Waals surface area contributed by atoms with Gasteiger partial charge in [0.05, 0.1) is 16.2 Å². The molecule has 0 aliphatic heterocycles. The monoisotopic (exact) mass is 354 g/mol. The van der Waals surface area contributed by atoms with Crippen LogP contribution >= 0.6 is 15.9 Å². The predicted octanol–water partition coefficient (Wildman–Crippen LogP) is 3.11. The van der Waals surface area contributed by atoms with Crippen LogP contribution in [0.4, 0.5) is 4.39 Å². The van der Waals surface area contributed by atoms with E-state index in [1.54, 1.807) is 12.1 Å². The van der Waals surface area contributed by atoms with Crippen molar-refractivity contribution in [1.29, 1.82) is 0 Å². The fourth-order valence-corrected chi connectivity index (χ4v) is 2.73. The second-order valence-electron chi connectivity index (χ2n) is 4.89. The molecule has 0 spiro atoms. The maximum atomic E-state index is 13.3. The molecule has 0 fully saturated rings. The van der Waals surface area contributed by atoms with Crippen LogP contribution in [0.5, 0.6) is 0 Å². The van der Waals surface area contributed by atoms with Crippen molar-refractivity contribution in [3.8, 4) is 0 Å². The third-order valence-corrected chi connectivity index (χ3v) is 4.14. The third-order valence-electron chi connectivity index (χ3n) is 3.54. The second kappa shape index (κ2) is 7.15. The molecule has 1 atom stereocenters. The molecule has 0 saturated carbocycles. The van der Waals surface area contributed by atoms with Crippen molar-refractivity contribution < 1.29 is 4.39 Å². The van der Waals surface area contributed by atoms with Crippen LogP contribution in [0, 0.1) is 5.82 Å². The van der Waals surface area contributed by atoms with Crippen molar-refractivity contribution in [2.24, 2.45) is 5.84 Å². The van der Waals surface area contributed by atoms with Crippen LogP contribution in [0.3, 0.4) is 0 Å². The molecule has 6 heteroatoms. The molecular formula is C15H20BrFN4. The van der Waals surface area contributed by atoms with E-state index in [2.05, 4.69) is 46.4 Å². The first-order valence-electron chi connectivity index (χ1n) is 7.05. The molecule has 0 saturated heterocycles. The van der Waals surface area contributed by atoms with Crippen molar-refractivity contribution in [2.45, 2.75) is 39.3 Å². The number of hydrazine groups is 1. The van der Waals surface area contributed by atoms with Gasteiger partial charge in [0.1, 0.15) is 5.82 Å². The number of nitrogens with zero attached hydrogens (tertiary/aromatic N) is 2. The van der Waals surface area contributed by atoms with Gasteiger partial charge in [0, 0.05) is 18.7 Å². The first-order chi connectivity index (χ1) is 10.1. The van der Waals surface area contributed by atoms with Gasteiger partial charge in [0.15, 0.2) is 0 Å². The van der Waals surface area contributed by atoms with Crippen LogP contribution in [0.15, 0.2) is 28.7 Å². The Morgan fingerprint density at radius 2 is 2.14 bits per heavy atom. The highest BCUT2D eigenvalue weighted by Gasteiger charge is 2.16. The van der Waals surface area contributed by atoms with Gasteiger partial charge in [-0.2, -0.15) is 5.10 Å². The number of nitrogens with one attached hydrogen (secondary N) is 1. The predicted molar refractivity (Wildman–Crippen MR) is 85.1 cm³/mol. The Kier molecular flexibility index (Phi) is 5.50. The quantitative estimate of drug-likeness (QED) is 0.618. The average molecular weight is 355 g/mol. The number of aryl methyl sites for hydroxylation is 2. The zero-order chi connectivity index (χ0) is 15.4. The van der Waals surface area contributed by atoms with E-state index in [1.807, 2.05) is 4.68 Å². The molecule has 4 nitrogen and oxygen atoms in total. The van der Waals surface area contributed by atoms with Gasteiger partial charge in [-0.1, -0.05) is 13.0 Å². The van der Waals surface area contributed by atoms with Gasteiger partial charge in [0.2, 0.25) is 0 Å². The number of halogens is 2. The van der Waals surface area contributed by atoms with Crippen LogP contribution in [-0.2, 0) is 19.4 Å². The maximum Gasteiger partial charge on any atom is 0.137 e. The van der Waals surface area contributed by atoms with Crippen molar-refractivity contribution in [3.05, 3.63) is 51.5 Å². The molecule has 1 unspecified atom stereocenters. The van der Waals surface area contributed by atoms with Gasteiger partial charge in [0.25, 0.3) is 0 Å². The lowest BCUT2D eigenvalue weighted by atomic mass is 10.0. The Morgan fingerprint density at radius 1 is 1.38 bits per heavy atom. The summed E-state index contributed by atoms with van der Waals surface area (Å²) in [4.78, 5) is 0. The van der Waals surface area contributed by atoms with Crippen molar-refractivity contribution in [3.63, 3.8) is 0 Å². The van der Waals surface area contributed by atoms with Gasteiger partial charge in [-0.25, -0.2) is 4.39 Å². The summed E-state index contributed by atoms with van der Waals surface area (Å²) in [6.07, 6.45) is 1.61. The molecule has 0 aliphatic carbocycles. The second-order valence-corrected chi connectivity index (χ2v) is 5.75. The highest BCUT2D eigenvalue weighted by molar-refractivity contribution is 9.10. The van der Waals surface area contributed by atoms with E-state index >= 15 is 0 Å². The maximum absolute atomic E-state index is 13.3. The SMILES string of the molecule is CCc1cc(CC(NN)c2ccc(F)c(Br)c2)n(CC)n1. The fourth-order valence-electron chi connectivity index (χ4n) is 2.34. The van der Waals surface area contributed by atoms with Gasteiger partial charge in [-0.05, 0) is 53.0 Å². The summed E-state index contributed by atoms with van der Waals surface area (Å²) >= 11 is 3.21. The Bertz CT molecular complexity index is 612. The highest BCUT2D eigenvalue weighted by Crippen LogP contribution is 2.24. The summed E-state index contributed by atoms with van der Waals surface area (Å²) in [6.45, 7) is 4.97. The largest absolute Gasteiger partial charge is 0.271 e. The molecule has 2 aromatic rings. The Balaban J connectivity index is 2.26. The summed E-state index contributed by atoms with van der Waals surface area (Å²) in [6, 6.07) is 6.96. The van der Waals surface area contributed by atoms with Crippen LogP contribution in [0.1, 0.15) is 36.8 Å². The van der Waals surface area contributed by atoms with E-state index in [0.29, 0.717) is 10.9 Å². The number of benzene rings is 1. The van der Waals surface area contributed by atoms with Gasteiger partial charge >= 0.3 is 0 Å². The molecule has 3 N–H and O–H groups in total. The number of nitrogens with two attached hydrogens (primary N) is 1. The van der Waals surface area contributed by atoms with E-state index in [9.17, 15) is 4.39 Å². The van der Waals surface area contributed by atoms with Crippen molar-refractivity contribution >= 4 is 15.9 Å². The number of hydrogen-bond donors (Lipinski definition) is 2. The topological polar surface area (TPSA) is 55.9 Å². The molecule has 2 rings (SSSR count). The lowest BCUT2D eigenvalue weighted by molar-refractivity contribution is 0.515. The standard InChI is InChI=1S/C15H20BrFN4/c1-3-11-8-12(21(4-2)20-11)9-15(19-18)10-5-6-14(17)13(16)7-10/h5-8,15,19H,3-4,9,18H2,1-2H3. The minimum Gasteiger partial charge on any atom is -0.271 e. The Hall–Kier alpha value is -1.24. The third kappa shape index (κ3) is 3.70. The average Bonchev–Trinajstić information content (AvgIpc) is 2.90.